The lowest BCUT2D eigenvalue weighted by molar-refractivity contribution is -0.125. The lowest BCUT2D eigenvalue weighted by atomic mass is 9.73. The van der Waals surface area contributed by atoms with Crippen LogP contribution in [0.5, 0.6) is 0 Å². The second-order valence-electron chi connectivity index (χ2n) is 5.40. The number of rotatable bonds is 4. The van der Waals surface area contributed by atoms with E-state index in [2.05, 4.69) is 23.3 Å². The summed E-state index contributed by atoms with van der Waals surface area (Å²) in [6, 6.07) is 14.0. The van der Waals surface area contributed by atoms with Crippen molar-refractivity contribution in [3.63, 3.8) is 0 Å². The number of nitrogens with zero attached hydrogens (tertiary/aromatic N) is 1. The van der Waals surface area contributed by atoms with Crippen molar-refractivity contribution in [1.29, 1.82) is 0 Å². The summed E-state index contributed by atoms with van der Waals surface area (Å²) in [6.45, 7) is 4.64. The summed E-state index contributed by atoms with van der Waals surface area (Å²) in [7, 11) is 0. The SMILES string of the molecule is [CH2]CC(=O)[C@@]1(c2ccccc2)NCCC1c1cccnc1. The lowest BCUT2D eigenvalue weighted by Crippen LogP contribution is -2.48. The molecule has 2 aromatic rings. The molecule has 0 spiro atoms. The molecule has 0 bridgehead atoms. The Morgan fingerprint density at radius 3 is 2.76 bits per heavy atom. The number of nitrogens with one attached hydrogen (secondary N) is 1. The van der Waals surface area contributed by atoms with Crippen LogP contribution >= 0.6 is 0 Å². The summed E-state index contributed by atoms with van der Waals surface area (Å²) >= 11 is 0. The molecule has 0 amide bonds. The number of aromatic nitrogens is 1. The molecule has 0 aliphatic carbocycles. The molecular weight excluding hydrogens is 260 g/mol. The van der Waals surface area contributed by atoms with E-state index in [-0.39, 0.29) is 18.1 Å². The molecule has 1 radical (unpaired) electrons. The van der Waals surface area contributed by atoms with Crippen LogP contribution in [0.4, 0.5) is 0 Å². The Labute approximate surface area is 125 Å². The van der Waals surface area contributed by atoms with Crippen molar-refractivity contribution in [2.75, 3.05) is 6.54 Å². The maximum absolute atomic E-state index is 12.8. The van der Waals surface area contributed by atoms with Gasteiger partial charge in [-0.25, -0.2) is 0 Å². The Bertz CT molecular complexity index is 612. The van der Waals surface area contributed by atoms with Gasteiger partial charge in [-0.3, -0.25) is 9.78 Å². The van der Waals surface area contributed by atoms with Crippen LogP contribution < -0.4 is 5.32 Å². The van der Waals surface area contributed by atoms with Gasteiger partial charge in [-0.05, 0) is 37.1 Å². The number of carbonyl (C=O) groups is 1. The Morgan fingerprint density at radius 2 is 2.10 bits per heavy atom. The second kappa shape index (κ2) is 5.78. The van der Waals surface area contributed by atoms with Crippen molar-refractivity contribution in [2.45, 2.75) is 24.3 Å². The third kappa shape index (κ3) is 2.28. The smallest absolute Gasteiger partial charge is 0.158 e. The van der Waals surface area contributed by atoms with Gasteiger partial charge in [0.15, 0.2) is 5.78 Å². The zero-order chi connectivity index (χ0) is 14.7. The van der Waals surface area contributed by atoms with Gasteiger partial charge >= 0.3 is 0 Å². The maximum Gasteiger partial charge on any atom is 0.158 e. The largest absolute Gasteiger partial charge is 0.301 e. The highest BCUT2D eigenvalue weighted by atomic mass is 16.1. The van der Waals surface area contributed by atoms with E-state index in [4.69, 9.17) is 0 Å². The maximum atomic E-state index is 12.8. The quantitative estimate of drug-likeness (QED) is 0.935. The van der Waals surface area contributed by atoms with E-state index in [1.807, 2.05) is 42.6 Å². The number of ketones is 1. The van der Waals surface area contributed by atoms with Crippen molar-refractivity contribution in [3.05, 3.63) is 72.9 Å². The van der Waals surface area contributed by atoms with Gasteiger partial charge < -0.3 is 5.32 Å². The van der Waals surface area contributed by atoms with E-state index >= 15 is 0 Å². The molecule has 21 heavy (non-hydrogen) atoms. The highest BCUT2D eigenvalue weighted by molar-refractivity contribution is 5.91. The molecule has 1 saturated heterocycles. The van der Waals surface area contributed by atoms with Crippen molar-refractivity contribution in [3.8, 4) is 0 Å². The predicted molar refractivity (Wildman–Crippen MR) is 82.7 cm³/mol. The number of hydrogen-bond acceptors (Lipinski definition) is 3. The number of carbonyl (C=O) groups excluding carboxylic acids is 1. The minimum atomic E-state index is -0.675. The number of pyridine rings is 1. The summed E-state index contributed by atoms with van der Waals surface area (Å²) in [5, 5.41) is 3.47. The molecule has 3 nitrogen and oxygen atoms in total. The molecule has 3 rings (SSSR count). The van der Waals surface area contributed by atoms with Crippen LogP contribution in [0.25, 0.3) is 0 Å². The van der Waals surface area contributed by atoms with E-state index < -0.39 is 5.54 Å². The summed E-state index contributed by atoms with van der Waals surface area (Å²) in [4.78, 5) is 17.0. The van der Waals surface area contributed by atoms with Gasteiger partial charge in [-0.1, -0.05) is 36.4 Å². The zero-order valence-electron chi connectivity index (χ0n) is 12.0. The van der Waals surface area contributed by atoms with E-state index in [0.717, 1.165) is 24.1 Å². The van der Waals surface area contributed by atoms with Crippen molar-refractivity contribution < 1.29 is 4.79 Å². The average molecular weight is 279 g/mol. The molecule has 1 N–H and O–H groups in total. The summed E-state index contributed by atoms with van der Waals surface area (Å²) in [5.41, 5.74) is 1.45. The molecule has 2 heterocycles. The monoisotopic (exact) mass is 279 g/mol. The Hall–Kier alpha value is -2.00. The third-order valence-corrected chi connectivity index (χ3v) is 4.34. The number of Topliss-reactive ketones (excluding diaryl/α,β-unsaturated/α-hetero) is 1. The first-order valence-electron chi connectivity index (χ1n) is 7.32. The molecule has 2 atom stereocenters. The number of benzene rings is 1. The molecule has 1 aromatic carbocycles. The molecular formula is C18H19N2O. The van der Waals surface area contributed by atoms with Gasteiger partial charge in [0, 0.05) is 24.7 Å². The van der Waals surface area contributed by atoms with Crippen molar-refractivity contribution >= 4 is 5.78 Å². The zero-order valence-corrected chi connectivity index (χ0v) is 12.0. The standard InChI is InChI=1S/C18H19N2O/c1-2-17(21)18(15-8-4-3-5-9-15)16(10-12-20-18)14-7-6-11-19-13-14/h3-9,11,13,16,20H,1-2,10,12H2/t16?,18-/m0/s1. The van der Waals surface area contributed by atoms with Gasteiger partial charge in [0.05, 0.1) is 0 Å². The van der Waals surface area contributed by atoms with Gasteiger partial charge in [0.25, 0.3) is 0 Å². The fraction of sp³-hybridized carbons (Fsp3) is 0.278. The summed E-state index contributed by atoms with van der Waals surface area (Å²) < 4.78 is 0. The first-order valence-corrected chi connectivity index (χ1v) is 7.32. The topological polar surface area (TPSA) is 42.0 Å². The van der Waals surface area contributed by atoms with Crippen LogP contribution in [0.3, 0.4) is 0 Å². The minimum Gasteiger partial charge on any atom is -0.301 e. The summed E-state index contributed by atoms with van der Waals surface area (Å²) in [6.07, 6.45) is 4.83. The molecule has 1 unspecified atom stereocenters. The van der Waals surface area contributed by atoms with E-state index in [1.54, 1.807) is 6.20 Å². The highest BCUT2D eigenvalue weighted by Crippen LogP contribution is 2.44. The van der Waals surface area contributed by atoms with E-state index in [0.29, 0.717) is 0 Å². The molecule has 1 aromatic heterocycles. The fourth-order valence-electron chi connectivity index (χ4n) is 3.41. The van der Waals surface area contributed by atoms with Crippen LogP contribution in [0.1, 0.15) is 29.9 Å². The van der Waals surface area contributed by atoms with Crippen LogP contribution in [0.15, 0.2) is 54.9 Å². The fourth-order valence-corrected chi connectivity index (χ4v) is 3.41. The molecule has 1 aliphatic heterocycles. The second-order valence-corrected chi connectivity index (χ2v) is 5.40. The first-order chi connectivity index (χ1) is 10.3. The minimum absolute atomic E-state index is 0.0999. The molecule has 0 saturated carbocycles. The van der Waals surface area contributed by atoms with Gasteiger partial charge in [0.1, 0.15) is 5.54 Å². The van der Waals surface area contributed by atoms with Crippen LogP contribution in [0, 0.1) is 6.92 Å². The third-order valence-electron chi connectivity index (χ3n) is 4.34. The normalized spacial score (nSPS) is 24.9. The van der Waals surface area contributed by atoms with E-state index in [1.165, 1.54) is 0 Å². The van der Waals surface area contributed by atoms with E-state index in [9.17, 15) is 4.79 Å². The predicted octanol–water partition coefficient (Wildman–Crippen LogP) is 2.85. The van der Waals surface area contributed by atoms with Crippen molar-refractivity contribution in [2.24, 2.45) is 0 Å². The van der Waals surface area contributed by atoms with Crippen LogP contribution in [0.2, 0.25) is 0 Å². The lowest BCUT2D eigenvalue weighted by Gasteiger charge is -2.35. The van der Waals surface area contributed by atoms with Crippen molar-refractivity contribution in [1.82, 2.24) is 10.3 Å². The Balaban J connectivity index is 2.13. The van der Waals surface area contributed by atoms with Gasteiger partial charge in [-0.15, -0.1) is 0 Å². The molecule has 3 heteroatoms. The highest BCUT2D eigenvalue weighted by Gasteiger charge is 2.49. The first kappa shape index (κ1) is 14.0. The Morgan fingerprint density at radius 1 is 1.29 bits per heavy atom. The van der Waals surface area contributed by atoms with Gasteiger partial charge in [-0.2, -0.15) is 0 Å². The average Bonchev–Trinajstić information content (AvgIpc) is 3.01. The van der Waals surface area contributed by atoms with Crippen LogP contribution in [-0.2, 0) is 10.3 Å². The Kier molecular flexibility index (Phi) is 3.84. The van der Waals surface area contributed by atoms with Gasteiger partial charge in [0.2, 0.25) is 0 Å². The molecule has 107 valence electrons. The summed E-state index contributed by atoms with van der Waals surface area (Å²) in [5.74, 6) is 0.239. The molecule has 1 fully saturated rings. The number of hydrogen-bond donors (Lipinski definition) is 1. The van der Waals surface area contributed by atoms with Crippen LogP contribution in [-0.4, -0.2) is 17.3 Å². The molecule has 1 aliphatic rings.